The van der Waals surface area contributed by atoms with Gasteiger partial charge in [-0.05, 0) is 186 Å². The summed E-state index contributed by atoms with van der Waals surface area (Å²) in [6, 6.07) is 0. The molecule has 9 fully saturated rings. The van der Waals surface area contributed by atoms with E-state index in [0.717, 1.165) is 25.7 Å². The third kappa shape index (κ3) is 16.4. The number of esters is 7. The van der Waals surface area contributed by atoms with Crippen molar-refractivity contribution in [1.82, 2.24) is 0 Å². The fraction of sp³-hybridized carbons (Fsp3) is 0.892. The Morgan fingerprint density at radius 2 is 0.989 bits per heavy atom. The maximum Gasteiger partial charge on any atom is 0.426 e. The van der Waals surface area contributed by atoms with Gasteiger partial charge in [-0.3, -0.25) is 24.0 Å². The van der Waals surface area contributed by atoms with E-state index in [2.05, 4.69) is 0 Å². The summed E-state index contributed by atoms with van der Waals surface area (Å²) in [7, 11) is 0. The molecular formula is C65H99F9O19. The van der Waals surface area contributed by atoms with Gasteiger partial charge in [0.15, 0.2) is 24.4 Å². The highest BCUT2D eigenvalue weighted by atomic mass is 19.4. The van der Waals surface area contributed by atoms with Gasteiger partial charge in [-0.25, -0.2) is 9.59 Å². The molecule has 19 nitrogen and oxygen atoms in total. The van der Waals surface area contributed by atoms with Gasteiger partial charge in [-0.1, -0.05) is 27.7 Å². The molecule has 5 saturated carbocycles. The van der Waals surface area contributed by atoms with Crippen LogP contribution in [0.5, 0.6) is 0 Å². The van der Waals surface area contributed by atoms with Gasteiger partial charge in [0, 0.05) is 29.1 Å². The van der Waals surface area contributed by atoms with Gasteiger partial charge in [0.1, 0.15) is 17.8 Å². The van der Waals surface area contributed by atoms with Crippen LogP contribution in [0.15, 0.2) is 0 Å². The third-order valence-electron chi connectivity index (χ3n) is 21.9. The normalized spacial score (nSPS) is 31.6. The summed E-state index contributed by atoms with van der Waals surface area (Å²) in [5, 5.41) is 41.8. The number of fused-ring (bicyclic) bond motifs is 1. The molecule has 0 aromatic heterocycles. The molecule has 4 heterocycles. The molecule has 9 rings (SSSR count). The smallest absolute Gasteiger partial charge is 0.426 e. The van der Waals surface area contributed by atoms with E-state index in [1.54, 1.807) is 34.6 Å². The van der Waals surface area contributed by atoms with Crippen LogP contribution in [0.1, 0.15) is 214 Å². The minimum absolute atomic E-state index is 0.144. The van der Waals surface area contributed by atoms with Gasteiger partial charge in [0.2, 0.25) is 6.10 Å². The van der Waals surface area contributed by atoms with Crippen molar-refractivity contribution in [3.8, 4) is 0 Å². The van der Waals surface area contributed by atoms with Crippen molar-refractivity contribution in [2.24, 2.45) is 56.2 Å². The van der Waals surface area contributed by atoms with E-state index in [0.29, 0.717) is 51.6 Å². The van der Waals surface area contributed by atoms with E-state index in [1.165, 1.54) is 13.8 Å². The summed E-state index contributed by atoms with van der Waals surface area (Å²) in [5.41, 5.74) is -15.4. The average molecular weight is 1360 g/mol. The van der Waals surface area contributed by atoms with Gasteiger partial charge in [-0.2, -0.15) is 39.5 Å². The molecule has 0 aromatic rings. The zero-order chi connectivity index (χ0) is 71.5. The van der Waals surface area contributed by atoms with Crippen LogP contribution in [0.25, 0.3) is 0 Å². The number of ether oxygens (including phenoxy) is 8. The maximum absolute atomic E-state index is 13.3. The lowest BCUT2D eigenvalue weighted by Crippen LogP contribution is -2.70. The molecule has 0 amide bonds. The summed E-state index contributed by atoms with van der Waals surface area (Å²) < 4.78 is 162. The number of hydrogen-bond donors (Lipinski definition) is 4. The van der Waals surface area contributed by atoms with Crippen LogP contribution in [-0.2, 0) is 71.5 Å². The number of aliphatic hydroxyl groups is 4. The van der Waals surface area contributed by atoms with Crippen molar-refractivity contribution in [3.63, 3.8) is 0 Å². The predicted octanol–water partition coefficient (Wildman–Crippen LogP) is 11.0. The van der Waals surface area contributed by atoms with Gasteiger partial charge < -0.3 is 58.3 Å². The zero-order valence-electron chi connectivity index (χ0n) is 56.6. The van der Waals surface area contributed by atoms with Crippen LogP contribution >= 0.6 is 0 Å². The molecule has 9 aliphatic rings. The number of rotatable bonds is 18. The number of halogens is 9. The summed E-state index contributed by atoms with van der Waals surface area (Å²) >= 11 is 0. The number of carbonyl (C=O) groups is 7. The van der Waals surface area contributed by atoms with Crippen LogP contribution in [-0.4, -0.2) is 159 Å². The van der Waals surface area contributed by atoms with Crippen molar-refractivity contribution in [2.75, 3.05) is 13.2 Å². The standard InChI is InChI=1S/C24H40O6.C18H25F9O4.C13H18O5.C10H16O4/c1-8-19(2,3)18(26)29-12-17(25)30-24-11-16-9-22(14-24,20(4,5)27)13-23(10-16,15-24)21(6,7)28;1-5-13(2,3)12(28)31-11-7-9(14(4,29)16(19,20)21)6-10(8-11)15(30,17(22,23)24)18(25,26)27;1-4-13(2,3)12(15)18-9-7-5-6-8(16-7)10(9)17-11(6)14;1-4-10(2,3)9(12)14-7-5-6-13-8(7)11/h16,27-28H,8-15H2,1-7H3;9-11,29-30H,5-8H2,1-4H3;6-10H,4-5H2,1-3H3;7H,4-6H2,1-3H3. The second-order valence-electron chi connectivity index (χ2n) is 31.0. The molecule has 4 saturated heterocycles. The van der Waals surface area contributed by atoms with Crippen molar-refractivity contribution < 1.29 is 131 Å². The average Bonchev–Trinajstić information content (AvgIpc) is 1.49. The van der Waals surface area contributed by atoms with Crippen LogP contribution in [0.4, 0.5) is 39.5 Å². The molecule has 0 radical (unpaired) electrons. The minimum atomic E-state index is -6.28. The first-order chi connectivity index (χ1) is 41.9. The highest BCUT2D eigenvalue weighted by Crippen LogP contribution is 2.72. The van der Waals surface area contributed by atoms with E-state index < -0.39 is 165 Å². The Kier molecular flexibility index (Phi) is 23.0. The van der Waals surface area contributed by atoms with Gasteiger partial charge >= 0.3 is 60.3 Å². The Morgan fingerprint density at radius 3 is 1.42 bits per heavy atom. The van der Waals surface area contributed by atoms with Crippen LogP contribution < -0.4 is 0 Å². The summed E-state index contributed by atoms with van der Waals surface area (Å²) in [6.07, 6.45) is -17.4. The highest BCUT2D eigenvalue weighted by molar-refractivity contribution is 5.83. The van der Waals surface area contributed by atoms with Gasteiger partial charge in [0.05, 0.1) is 51.5 Å². The van der Waals surface area contributed by atoms with Crippen molar-refractivity contribution in [2.45, 2.75) is 297 Å². The van der Waals surface area contributed by atoms with E-state index in [4.69, 9.17) is 37.9 Å². The van der Waals surface area contributed by atoms with Crippen LogP contribution in [0.3, 0.4) is 0 Å². The lowest BCUT2D eigenvalue weighted by molar-refractivity contribution is -0.391. The summed E-state index contributed by atoms with van der Waals surface area (Å²) in [4.78, 5) is 83.4. The van der Waals surface area contributed by atoms with Crippen LogP contribution in [0.2, 0.25) is 0 Å². The fourth-order valence-electron chi connectivity index (χ4n) is 13.9. The zero-order valence-corrected chi connectivity index (χ0v) is 56.6. The SMILES string of the molecule is CCC(C)(C)C(=O)OC1C2CC3C(=O)OC1C3O2.CCC(C)(C)C(=O)OC1CC(C(C)(O)C(F)(F)F)CC(C(O)(C(F)(F)F)C(F)(F)F)C1.CCC(C)(C)C(=O)OC1CCOC1=O.CCC(C)(C)C(=O)OCC(=O)OC12CC3CC(C(C)(C)O)(C1)CC(C(C)(C)O)(C3)C2. The largest absolute Gasteiger partial charge is 0.463 e. The van der Waals surface area contributed by atoms with E-state index in [-0.39, 0.29) is 55.3 Å². The van der Waals surface area contributed by atoms with Crippen molar-refractivity contribution in [1.29, 1.82) is 0 Å². The molecule has 6 bridgehead atoms. The molecule has 28 heteroatoms. The second kappa shape index (κ2) is 27.1. The first kappa shape index (κ1) is 79.2. The lowest BCUT2D eigenvalue weighted by Gasteiger charge is -2.70. The Balaban J connectivity index is 0.000000235. The summed E-state index contributed by atoms with van der Waals surface area (Å²) in [6.45, 7) is 28.5. The molecule has 12 unspecified atom stereocenters. The first-order valence-electron chi connectivity index (χ1n) is 32.1. The van der Waals surface area contributed by atoms with Crippen molar-refractivity contribution in [3.05, 3.63) is 0 Å². The quantitative estimate of drug-likeness (QED) is 0.0564. The lowest BCUT2D eigenvalue weighted by atomic mass is 9.37. The molecule has 536 valence electrons. The van der Waals surface area contributed by atoms with Crippen molar-refractivity contribution >= 4 is 41.8 Å². The number of hydrogen-bond acceptors (Lipinski definition) is 19. The monoisotopic (exact) mass is 1350 g/mol. The molecule has 0 spiro atoms. The molecule has 4 N–H and O–H groups in total. The Morgan fingerprint density at radius 1 is 0.538 bits per heavy atom. The minimum Gasteiger partial charge on any atom is -0.463 e. The Bertz CT molecular complexity index is 2680. The number of alkyl halides is 9. The molecule has 0 aromatic carbocycles. The van der Waals surface area contributed by atoms with E-state index in [1.807, 2.05) is 62.3 Å². The summed E-state index contributed by atoms with van der Waals surface area (Å²) in [5.74, 6) is -8.10. The molecular weight excluding hydrogens is 1260 g/mol. The van der Waals surface area contributed by atoms with E-state index >= 15 is 0 Å². The number of carbonyl (C=O) groups excluding carboxylic acids is 7. The molecule has 12 atom stereocenters. The fourth-order valence-corrected chi connectivity index (χ4v) is 13.9. The molecule has 5 aliphatic carbocycles. The third-order valence-corrected chi connectivity index (χ3v) is 21.9. The maximum atomic E-state index is 13.3. The van der Waals surface area contributed by atoms with Gasteiger partial charge in [-0.15, -0.1) is 0 Å². The Hall–Kier alpha value is -4.54. The second-order valence-corrected chi connectivity index (χ2v) is 31.0. The molecule has 93 heavy (non-hydrogen) atoms. The topological polar surface area (TPSA) is 274 Å². The van der Waals surface area contributed by atoms with E-state index in [9.17, 15) is 93.5 Å². The van der Waals surface area contributed by atoms with Gasteiger partial charge in [0.25, 0.3) is 5.60 Å². The predicted molar refractivity (Wildman–Crippen MR) is 311 cm³/mol. The highest BCUT2D eigenvalue weighted by Gasteiger charge is 2.76. The first-order valence-corrected chi connectivity index (χ1v) is 32.1. The Labute approximate surface area is 538 Å². The van der Waals surface area contributed by atoms with Crippen LogP contribution in [0, 0.1) is 56.2 Å². The number of cyclic esters (lactones) is 1. The molecule has 4 aliphatic heterocycles.